The Bertz CT molecular complexity index is 517. The van der Waals surface area contributed by atoms with E-state index in [1.54, 1.807) is 4.90 Å². The van der Waals surface area contributed by atoms with Gasteiger partial charge < -0.3 is 14.7 Å². The summed E-state index contributed by atoms with van der Waals surface area (Å²) in [6, 6.07) is 7.63. The molecule has 1 aromatic carbocycles. The van der Waals surface area contributed by atoms with Gasteiger partial charge in [-0.15, -0.1) is 0 Å². The summed E-state index contributed by atoms with van der Waals surface area (Å²) in [6.45, 7) is 1.49. The third-order valence-corrected chi connectivity index (χ3v) is 4.29. The highest BCUT2D eigenvalue weighted by Gasteiger charge is 2.30. The first-order chi connectivity index (χ1) is 10.6. The van der Waals surface area contributed by atoms with Gasteiger partial charge in [0.05, 0.1) is 12.5 Å². The zero-order chi connectivity index (χ0) is 15.9. The molecule has 1 atom stereocenters. The van der Waals surface area contributed by atoms with Crippen LogP contribution in [0.4, 0.5) is 0 Å². The third kappa shape index (κ3) is 5.02. The largest absolute Gasteiger partial charge is 0.494 e. The molecule has 0 radical (unpaired) electrons. The summed E-state index contributed by atoms with van der Waals surface area (Å²) < 4.78 is 6.60. The quantitative estimate of drug-likeness (QED) is 0.750. The second kappa shape index (κ2) is 8.17. The molecule has 5 nitrogen and oxygen atoms in total. The van der Waals surface area contributed by atoms with E-state index in [-0.39, 0.29) is 5.91 Å². The zero-order valence-corrected chi connectivity index (χ0v) is 13.9. The van der Waals surface area contributed by atoms with E-state index in [9.17, 15) is 9.59 Å². The third-order valence-electron chi connectivity index (χ3n) is 3.76. The van der Waals surface area contributed by atoms with Gasteiger partial charge in [-0.2, -0.15) is 0 Å². The molecule has 120 valence electrons. The smallest absolute Gasteiger partial charge is 0.308 e. The molecule has 1 aliphatic heterocycles. The molecule has 1 fully saturated rings. The number of ether oxygens (including phenoxy) is 1. The van der Waals surface area contributed by atoms with Crippen molar-refractivity contribution in [3.8, 4) is 5.75 Å². The number of benzene rings is 1. The Morgan fingerprint density at radius 2 is 2.00 bits per heavy atom. The van der Waals surface area contributed by atoms with Crippen molar-refractivity contribution in [2.75, 3.05) is 19.7 Å². The summed E-state index contributed by atoms with van der Waals surface area (Å²) in [7, 11) is 0. The number of unbranched alkanes of at least 4 members (excludes halogenated alkanes) is 1. The summed E-state index contributed by atoms with van der Waals surface area (Å²) in [5.74, 6) is -0.339. The van der Waals surface area contributed by atoms with Crippen LogP contribution in [0.15, 0.2) is 28.7 Å². The van der Waals surface area contributed by atoms with Crippen LogP contribution in [0.1, 0.15) is 25.7 Å². The van der Waals surface area contributed by atoms with Gasteiger partial charge in [-0.05, 0) is 43.5 Å². The van der Waals surface area contributed by atoms with Gasteiger partial charge in [-0.3, -0.25) is 9.59 Å². The first kappa shape index (κ1) is 16.8. The Labute approximate surface area is 138 Å². The fourth-order valence-electron chi connectivity index (χ4n) is 2.45. The topological polar surface area (TPSA) is 66.8 Å². The van der Waals surface area contributed by atoms with Crippen LogP contribution in [0, 0.1) is 5.92 Å². The van der Waals surface area contributed by atoms with Crippen molar-refractivity contribution in [2.24, 2.45) is 5.92 Å². The summed E-state index contributed by atoms with van der Waals surface area (Å²) in [5, 5.41) is 8.93. The lowest BCUT2D eigenvalue weighted by molar-refractivity contribution is -0.141. The predicted molar refractivity (Wildman–Crippen MR) is 85.8 cm³/mol. The van der Waals surface area contributed by atoms with Crippen molar-refractivity contribution >= 4 is 27.8 Å². The molecule has 0 unspecified atom stereocenters. The number of hydrogen-bond acceptors (Lipinski definition) is 3. The highest BCUT2D eigenvalue weighted by atomic mass is 79.9. The fraction of sp³-hybridized carbons (Fsp3) is 0.500. The van der Waals surface area contributed by atoms with Gasteiger partial charge in [0.2, 0.25) is 5.91 Å². The van der Waals surface area contributed by atoms with Crippen LogP contribution in [0.5, 0.6) is 5.75 Å². The van der Waals surface area contributed by atoms with E-state index >= 15 is 0 Å². The molecule has 0 aromatic heterocycles. The zero-order valence-electron chi connectivity index (χ0n) is 12.3. The van der Waals surface area contributed by atoms with Crippen LogP contribution in [0.25, 0.3) is 0 Å². The first-order valence-electron chi connectivity index (χ1n) is 7.45. The van der Waals surface area contributed by atoms with Gasteiger partial charge in [0.25, 0.3) is 0 Å². The molecule has 1 aromatic rings. The lowest BCUT2D eigenvalue weighted by Gasteiger charge is -2.15. The van der Waals surface area contributed by atoms with Crippen LogP contribution >= 0.6 is 15.9 Å². The van der Waals surface area contributed by atoms with E-state index < -0.39 is 11.9 Å². The normalized spacial score (nSPS) is 17.5. The lowest BCUT2D eigenvalue weighted by Crippen LogP contribution is -2.29. The minimum Gasteiger partial charge on any atom is -0.494 e. The van der Waals surface area contributed by atoms with Crippen LogP contribution in [0.2, 0.25) is 0 Å². The number of amides is 1. The molecule has 0 saturated carbocycles. The highest BCUT2D eigenvalue weighted by molar-refractivity contribution is 9.10. The van der Waals surface area contributed by atoms with Crippen molar-refractivity contribution in [1.29, 1.82) is 0 Å². The lowest BCUT2D eigenvalue weighted by atomic mass is 10.1. The summed E-state index contributed by atoms with van der Waals surface area (Å²) >= 11 is 3.37. The van der Waals surface area contributed by atoms with Gasteiger partial charge in [-0.25, -0.2) is 0 Å². The van der Waals surface area contributed by atoms with Crippen LogP contribution in [0.3, 0.4) is 0 Å². The first-order valence-corrected chi connectivity index (χ1v) is 8.24. The van der Waals surface area contributed by atoms with E-state index in [0.717, 1.165) is 23.1 Å². The summed E-state index contributed by atoms with van der Waals surface area (Å²) in [6.07, 6.45) is 2.57. The number of carbonyl (C=O) groups excluding carboxylic acids is 1. The van der Waals surface area contributed by atoms with Crippen LogP contribution in [-0.2, 0) is 9.59 Å². The molecule has 0 bridgehead atoms. The van der Waals surface area contributed by atoms with Crippen LogP contribution in [-0.4, -0.2) is 41.6 Å². The maximum absolute atomic E-state index is 12.0. The van der Waals surface area contributed by atoms with Crippen molar-refractivity contribution in [3.63, 3.8) is 0 Å². The molecule has 0 aliphatic carbocycles. The number of rotatable bonds is 7. The van der Waals surface area contributed by atoms with Gasteiger partial charge >= 0.3 is 5.97 Å². The Balaban J connectivity index is 1.59. The number of aliphatic carboxylic acids is 1. The number of hydrogen-bond donors (Lipinski definition) is 1. The molecule has 1 heterocycles. The molecular weight excluding hydrogens is 350 g/mol. The second-order valence-corrected chi connectivity index (χ2v) is 6.34. The monoisotopic (exact) mass is 369 g/mol. The van der Waals surface area contributed by atoms with E-state index in [4.69, 9.17) is 9.84 Å². The number of carboxylic acid groups (broad SMARTS) is 1. The Kier molecular flexibility index (Phi) is 6.24. The van der Waals surface area contributed by atoms with Gasteiger partial charge in [0.15, 0.2) is 0 Å². The Morgan fingerprint density at radius 1 is 1.27 bits per heavy atom. The van der Waals surface area contributed by atoms with E-state index in [1.165, 1.54) is 0 Å². The predicted octanol–water partition coefficient (Wildman–Crippen LogP) is 2.93. The summed E-state index contributed by atoms with van der Waals surface area (Å²) in [5.41, 5.74) is 0. The van der Waals surface area contributed by atoms with Crippen LogP contribution < -0.4 is 4.74 Å². The molecule has 1 amide bonds. The average Bonchev–Trinajstić information content (AvgIpc) is 2.99. The van der Waals surface area contributed by atoms with E-state index in [2.05, 4.69) is 15.9 Å². The van der Waals surface area contributed by atoms with E-state index in [1.807, 2.05) is 24.3 Å². The highest BCUT2D eigenvalue weighted by Crippen LogP contribution is 2.18. The molecule has 1 N–H and O–H groups in total. The van der Waals surface area contributed by atoms with Gasteiger partial charge in [-0.1, -0.05) is 15.9 Å². The summed E-state index contributed by atoms with van der Waals surface area (Å²) in [4.78, 5) is 24.5. The second-order valence-electron chi connectivity index (χ2n) is 5.42. The Hall–Kier alpha value is -1.56. The number of likely N-dealkylation sites (tertiary alicyclic amines) is 1. The molecule has 1 saturated heterocycles. The molecule has 6 heteroatoms. The standard InChI is InChI=1S/C16H20BrNO4/c17-13-4-6-14(7-5-13)22-10-2-1-3-15(19)18-9-8-12(11-18)16(20)21/h4-7,12H,1-3,8-11H2,(H,20,21)/t12-/m0/s1. The van der Waals surface area contributed by atoms with Gasteiger partial charge in [0, 0.05) is 24.0 Å². The van der Waals surface area contributed by atoms with E-state index in [0.29, 0.717) is 32.5 Å². The maximum Gasteiger partial charge on any atom is 0.308 e. The van der Waals surface area contributed by atoms with Crippen molar-refractivity contribution in [1.82, 2.24) is 4.90 Å². The Morgan fingerprint density at radius 3 is 2.64 bits per heavy atom. The van der Waals surface area contributed by atoms with Gasteiger partial charge in [0.1, 0.15) is 5.75 Å². The molecule has 1 aliphatic rings. The minimum absolute atomic E-state index is 0.0485. The average molecular weight is 370 g/mol. The maximum atomic E-state index is 12.0. The molecule has 2 rings (SSSR count). The fourth-order valence-corrected chi connectivity index (χ4v) is 2.71. The molecule has 22 heavy (non-hydrogen) atoms. The number of carbonyl (C=O) groups is 2. The van der Waals surface area contributed by atoms with Crippen molar-refractivity contribution in [2.45, 2.75) is 25.7 Å². The number of carboxylic acids is 1. The number of nitrogens with zero attached hydrogens (tertiary/aromatic N) is 1. The SMILES string of the molecule is O=C(O)[C@H]1CCN(C(=O)CCCCOc2ccc(Br)cc2)C1. The molecular formula is C16H20BrNO4. The molecule has 0 spiro atoms. The number of halogens is 1. The minimum atomic E-state index is -0.807. The van der Waals surface area contributed by atoms with Crippen molar-refractivity contribution in [3.05, 3.63) is 28.7 Å². The van der Waals surface area contributed by atoms with Crippen molar-refractivity contribution < 1.29 is 19.4 Å².